The molecule has 0 aromatic carbocycles. The van der Waals surface area contributed by atoms with Gasteiger partial charge in [0.2, 0.25) is 0 Å². The van der Waals surface area contributed by atoms with E-state index in [4.69, 9.17) is 4.74 Å². The first-order valence-electron chi connectivity index (χ1n) is 5.47. The number of likely N-dealkylation sites (N-methyl/N-ethyl adjacent to an activating group) is 2. The fourth-order valence-corrected chi connectivity index (χ4v) is 2.32. The molecule has 2 aliphatic rings. The topological polar surface area (TPSA) is 19.0 Å². The standard InChI is InChI=1S/C12H20N2O/c1-6-9-7-8-12(14(4)5)11(15-12)10(9)13(2)3/h7-8,11H,6H2,1-5H3. The second-order valence-electron chi connectivity index (χ2n) is 4.64. The highest BCUT2D eigenvalue weighted by Crippen LogP contribution is 2.48. The maximum atomic E-state index is 5.87. The molecule has 1 saturated heterocycles. The predicted octanol–water partition coefficient (Wildman–Crippen LogP) is 1.44. The molecule has 15 heavy (non-hydrogen) atoms. The number of nitrogens with zero attached hydrogens (tertiary/aromatic N) is 2. The van der Waals surface area contributed by atoms with Crippen LogP contribution in [0.2, 0.25) is 0 Å². The van der Waals surface area contributed by atoms with Gasteiger partial charge in [0.05, 0.1) is 5.70 Å². The summed E-state index contributed by atoms with van der Waals surface area (Å²) in [5, 5.41) is 0. The normalized spacial score (nSPS) is 33.3. The summed E-state index contributed by atoms with van der Waals surface area (Å²) in [7, 11) is 8.31. The summed E-state index contributed by atoms with van der Waals surface area (Å²) in [5.74, 6) is 0. The average Bonchev–Trinajstić information content (AvgIpc) is 2.90. The Bertz CT molecular complexity index is 331. The smallest absolute Gasteiger partial charge is 0.173 e. The van der Waals surface area contributed by atoms with E-state index in [1.807, 2.05) is 0 Å². The van der Waals surface area contributed by atoms with E-state index in [9.17, 15) is 0 Å². The zero-order chi connectivity index (χ0) is 11.2. The van der Waals surface area contributed by atoms with E-state index in [1.54, 1.807) is 0 Å². The van der Waals surface area contributed by atoms with Crippen LogP contribution < -0.4 is 0 Å². The number of hydrogen-bond acceptors (Lipinski definition) is 3. The second-order valence-corrected chi connectivity index (χ2v) is 4.64. The highest BCUT2D eigenvalue weighted by atomic mass is 16.6. The fourth-order valence-electron chi connectivity index (χ4n) is 2.32. The molecule has 0 saturated carbocycles. The van der Waals surface area contributed by atoms with Crippen LogP contribution in [-0.4, -0.2) is 49.8 Å². The Morgan fingerprint density at radius 2 is 2.00 bits per heavy atom. The third-order valence-corrected chi connectivity index (χ3v) is 3.29. The molecule has 0 radical (unpaired) electrons. The van der Waals surface area contributed by atoms with E-state index in [-0.39, 0.29) is 11.8 Å². The maximum absolute atomic E-state index is 5.87. The van der Waals surface area contributed by atoms with Crippen molar-refractivity contribution in [1.29, 1.82) is 0 Å². The molecular formula is C12H20N2O. The third kappa shape index (κ3) is 1.42. The molecule has 2 atom stereocenters. The van der Waals surface area contributed by atoms with Crippen LogP contribution in [0.15, 0.2) is 23.4 Å². The molecule has 1 aliphatic heterocycles. The third-order valence-electron chi connectivity index (χ3n) is 3.29. The first-order valence-corrected chi connectivity index (χ1v) is 5.47. The van der Waals surface area contributed by atoms with E-state index in [0.29, 0.717) is 0 Å². The highest BCUT2D eigenvalue weighted by Gasteiger charge is 2.60. The Morgan fingerprint density at radius 1 is 1.33 bits per heavy atom. The lowest BCUT2D eigenvalue weighted by molar-refractivity contribution is 0.178. The van der Waals surface area contributed by atoms with Crippen LogP contribution in [0, 0.1) is 0 Å². The van der Waals surface area contributed by atoms with Crippen molar-refractivity contribution >= 4 is 0 Å². The van der Waals surface area contributed by atoms with E-state index in [2.05, 4.69) is 57.1 Å². The van der Waals surface area contributed by atoms with Crippen LogP contribution in [0.4, 0.5) is 0 Å². The summed E-state index contributed by atoms with van der Waals surface area (Å²) >= 11 is 0. The lowest BCUT2D eigenvalue weighted by Crippen LogP contribution is -2.36. The van der Waals surface area contributed by atoms with Crippen LogP contribution in [0.3, 0.4) is 0 Å². The summed E-state index contributed by atoms with van der Waals surface area (Å²) in [6, 6.07) is 0. The van der Waals surface area contributed by atoms with Crippen molar-refractivity contribution in [2.75, 3.05) is 28.2 Å². The van der Waals surface area contributed by atoms with Gasteiger partial charge in [-0.2, -0.15) is 0 Å². The van der Waals surface area contributed by atoms with Crippen molar-refractivity contribution in [3.8, 4) is 0 Å². The lowest BCUT2D eigenvalue weighted by Gasteiger charge is -2.26. The molecule has 3 nitrogen and oxygen atoms in total. The van der Waals surface area contributed by atoms with Crippen molar-refractivity contribution < 1.29 is 4.74 Å². The number of allylic oxidation sites excluding steroid dienone is 2. The molecule has 0 N–H and O–H groups in total. The van der Waals surface area contributed by atoms with E-state index < -0.39 is 0 Å². The van der Waals surface area contributed by atoms with Gasteiger partial charge in [0, 0.05) is 14.1 Å². The molecule has 0 aromatic heterocycles. The Kier molecular flexibility index (Phi) is 2.40. The molecular weight excluding hydrogens is 188 g/mol. The molecule has 1 fully saturated rings. The van der Waals surface area contributed by atoms with Crippen molar-refractivity contribution in [2.45, 2.75) is 25.2 Å². The van der Waals surface area contributed by atoms with Gasteiger partial charge in [-0.05, 0) is 32.2 Å². The summed E-state index contributed by atoms with van der Waals surface area (Å²) in [5.41, 5.74) is 2.55. The monoisotopic (exact) mass is 208 g/mol. The average molecular weight is 208 g/mol. The summed E-state index contributed by atoms with van der Waals surface area (Å²) in [6.45, 7) is 2.19. The number of fused-ring (bicyclic) bond motifs is 1. The Hall–Kier alpha value is -0.800. The fraction of sp³-hybridized carbons (Fsp3) is 0.667. The zero-order valence-corrected chi connectivity index (χ0v) is 10.2. The maximum Gasteiger partial charge on any atom is 0.173 e. The minimum Gasteiger partial charge on any atom is -0.378 e. The second kappa shape index (κ2) is 3.35. The van der Waals surface area contributed by atoms with Gasteiger partial charge in [-0.25, -0.2) is 0 Å². The van der Waals surface area contributed by atoms with Crippen LogP contribution in [0.5, 0.6) is 0 Å². The SMILES string of the molecule is CCC1=C(N(C)C)C2OC2(N(C)C)C=C1. The van der Waals surface area contributed by atoms with Crippen LogP contribution in [0.25, 0.3) is 0 Å². The van der Waals surface area contributed by atoms with Crippen molar-refractivity contribution in [1.82, 2.24) is 9.80 Å². The molecule has 0 spiro atoms. The van der Waals surface area contributed by atoms with Gasteiger partial charge in [-0.3, -0.25) is 4.90 Å². The van der Waals surface area contributed by atoms with Crippen molar-refractivity contribution in [3.05, 3.63) is 23.4 Å². The summed E-state index contributed by atoms with van der Waals surface area (Å²) < 4.78 is 5.87. The zero-order valence-electron chi connectivity index (χ0n) is 10.2. The molecule has 84 valence electrons. The lowest BCUT2D eigenvalue weighted by atomic mass is 9.96. The first kappa shape index (κ1) is 10.7. The summed E-state index contributed by atoms with van der Waals surface area (Å²) in [4.78, 5) is 4.32. The van der Waals surface area contributed by atoms with Gasteiger partial charge in [-0.1, -0.05) is 13.0 Å². The number of hydrogen-bond donors (Lipinski definition) is 0. The molecule has 0 bridgehead atoms. The number of rotatable bonds is 3. The van der Waals surface area contributed by atoms with Crippen LogP contribution in [0.1, 0.15) is 13.3 Å². The van der Waals surface area contributed by atoms with Crippen molar-refractivity contribution in [3.63, 3.8) is 0 Å². The first-order chi connectivity index (χ1) is 7.03. The molecule has 0 aromatic rings. The van der Waals surface area contributed by atoms with Crippen LogP contribution >= 0.6 is 0 Å². The predicted molar refractivity (Wildman–Crippen MR) is 61.4 cm³/mol. The molecule has 0 amide bonds. The minimum absolute atomic E-state index is 0.168. The van der Waals surface area contributed by atoms with Crippen LogP contribution in [-0.2, 0) is 4.74 Å². The number of ether oxygens (including phenoxy) is 1. The van der Waals surface area contributed by atoms with E-state index in [0.717, 1.165) is 6.42 Å². The summed E-state index contributed by atoms with van der Waals surface area (Å²) in [6.07, 6.45) is 5.68. The molecule has 1 aliphatic carbocycles. The van der Waals surface area contributed by atoms with Gasteiger partial charge in [0.1, 0.15) is 6.10 Å². The van der Waals surface area contributed by atoms with E-state index in [1.165, 1.54) is 11.3 Å². The van der Waals surface area contributed by atoms with Crippen molar-refractivity contribution in [2.24, 2.45) is 0 Å². The Morgan fingerprint density at radius 3 is 2.47 bits per heavy atom. The number of epoxide rings is 1. The molecule has 3 heteroatoms. The van der Waals surface area contributed by atoms with E-state index >= 15 is 0 Å². The van der Waals surface area contributed by atoms with Gasteiger partial charge < -0.3 is 9.64 Å². The van der Waals surface area contributed by atoms with Gasteiger partial charge in [0.25, 0.3) is 0 Å². The molecule has 2 rings (SSSR count). The molecule has 1 heterocycles. The quantitative estimate of drug-likeness (QED) is 0.654. The Labute approximate surface area is 92.0 Å². The minimum atomic E-state index is -0.168. The largest absolute Gasteiger partial charge is 0.378 e. The highest BCUT2D eigenvalue weighted by molar-refractivity contribution is 5.42. The Balaban J connectivity index is 2.33. The van der Waals surface area contributed by atoms with Gasteiger partial charge in [0.15, 0.2) is 5.72 Å². The van der Waals surface area contributed by atoms with Gasteiger partial charge in [-0.15, -0.1) is 0 Å². The van der Waals surface area contributed by atoms with Gasteiger partial charge >= 0.3 is 0 Å². The molecule has 2 unspecified atom stereocenters.